The minimum absolute atomic E-state index is 0.326. The summed E-state index contributed by atoms with van der Waals surface area (Å²) in [4.78, 5) is 11.9. The van der Waals surface area contributed by atoms with Gasteiger partial charge in [0.05, 0.1) is 25.3 Å². The molecule has 96 valence electrons. The van der Waals surface area contributed by atoms with Crippen LogP contribution in [-0.2, 0) is 0 Å². The monoisotopic (exact) mass is 247 g/mol. The molecule has 1 aromatic rings. The van der Waals surface area contributed by atoms with Gasteiger partial charge in [-0.3, -0.25) is 4.79 Å². The van der Waals surface area contributed by atoms with Crippen LogP contribution < -0.4 is 15.2 Å². The van der Waals surface area contributed by atoms with Crippen molar-refractivity contribution < 1.29 is 14.3 Å². The Kier molecular flexibility index (Phi) is 4.35. The number of nitrogens with two attached hydrogens (primary N) is 1. The quantitative estimate of drug-likeness (QED) is 0.501. The maximum absolute atomic E-state index is 11.9. The molecular weight excluding hydrogens is 230 g/mol. The Balaban J connectivity index is 3.09. The zero-order chi connectivity index (χ0) is 13.8. The molecule has 0 saturated heterocycles. The van der Waals surface area contributed by atoms with E-state index in [2.05, 4.69) is 11.8 Å². The van der Waals surface area contributed by atoms with E-state index in [-0.39, 0.29) is 5.78 Å². The second kappa shape index (κ2) is 5.56. The predicted octanol–water partition coefficient (Wildman–Crippen LogP) is 1.63. The van der Waals surface area contributed by atoms with Crippen molar-refractivity contribution in [2.75, 3.05) is 14.2 Å². The Morgan fingerprint density at radius 2 is 1.94 bits per heavy atom. The second-order valence-electron chi connectivity index (χ2n) is 4.37. The van der Waals surface area contributed by atoms with E-state index in [4.69, 9.17) is 15.2 Å². The molecule has 18 heavy (non-hydrogen) atoms. The van der Waals surface area contributed by atoms with Crippen LogP contribution in [0, 0.1) is 11.8 Å². The Morgan fingerprint density at radius 3 is 2.44 bits per heavy atom. The zero-order valence-electron chi connectivity index (χ0n) is 11.0. The van der Waals surface area contributed by atoms with Gasteiger partial charge in [-0.1, -0.05) is 5.92 Å². The summed E-state index contributed by atoms with van der Waals surface area (Å²) in [6.45, 7) is 3.47. The first-order valence-corrected chi connectivity index (χ1v) is 5.46. The van der Waals surface area contributed by atoms with E-state index in [1.165, 1.54) is 7.11 Å². The van der Waals surface area contributed by atoms with Crippen molar-refractivity contribution >= 4 is 5.78 Å². The van der Waals surface area contributed by atoms with E-state index in [0.29, 0.717) is 17.1 Å². The van der Waals surface area contributed by atoms with Crippen LogP contribution >= 0.6 is 0 Å². The Bertz CT molecular complexity index is 504. The molecule has 0 saturated carbocycles. The highest BCUT2D eigenvalue weighted by Gasteiger charge is 2.12. The van der Waals surface area contributed by atoms with Gasteiger partial charge in [-0.15, -0.1) is 0 Å². The molecule has 0 atom stereocenters. The van der Waals surface area contributed by atoms with Gasteiger partial charge in [-0.25, -0.2) is 0 Å². The Morgan fingerprint density at radius 1 is 1.28 bits per heavy atom. The van der Waals surface area contributed by atoms with Crippen LogP contribution in [0.5, 0.6) is 11.5 Å². The average Bonchev–Trinajstić information content (AvgIpc) is 2.34. The van der Waals surface area contributed by atoms with Gasteiger partial charge in [0.25, 0.3) is 0 Å². The Hall–Kier alpha value is -1.99. The maximum atomic E-state index is 11.9. The van der Waals surface area contributed by atoms with Crippen molar-refractivity contribution in [2.45, 2.75) is 19.4 Å². The fraction of sp³-hybridized carbons (Fsp3) is 0.357. The minimum atomic E-state index is -0.699. The summed E-state index contributed by atoms with van der Waals surface area (Å²) >= 11 is 0. The number of ketones is 1. The van der Waals surface area contributed by atoms with Crippen molar-refractivity contribution in [3.8, 4) is 23.3 Å². The molecule has 0 amide bonds. The number of carbonyl (C=O) groups excluding carboxylic acids is 1. The highest BCUT2D eigenvalue weighted by molar-refractivity contribution is 6.11. The van der Waals surface area contributed by atoms with Crippen LogP contribution in [0.4, 0.5) is 0 Å². The normalized spacial score (nSPS) is 10.3. The largest absolute Gasteiger partial charge is 0.497 e. The number of benzene rings is 1. The van der Waals surface area contributed by atoms with Crippen LogP contribution in [0.15, 0.2) is 18.2 Å². The summed E-state index contributed by atoms with van der Waals surface area (Å²) in [5.74, 6) is 5.94. The third-order valence-corrected chi connectivity index (χ3v) is 2.15. The molecule has 4 heteroatoms. The number of hydrogen-bond donors (Lipinski definition) is 1. The summed E-state index contributed by atoms with van der Waals surface area (Å²) < 4.78 is 10.2. The third-order valence-electron chi connectivity index (χ3n) is 2.15. The molecule has 0 radical (unpaired) electrons. The van der Waals surface area contributed by atoms with E-state index in [0.717, 1.165) is 0 Å². The smallest absolute Gasteiger partial charge is 0.239 e. The molecule has 1 aromatic carbocycles. The first-order chi connectivity index (χ1) is 8.37. The van der Waals surface area contributed by atoms with Crippen molar-refractivity contribution in [3.05, 3.63) is 23.8 Å². The highest BCUT2D eigenvalue weighted by atomic mass is 16.5. The van der Waals surface area contributed by atoms with E-state index in [1.807, 2.05) is 0 Å². The molecule has 0 aliphatic rings. The average molecular weight is 247 g/mol. The third kappa shape index (κ3) is 3.79. The molecule has 0 heterocycles. The first kappa shape index (κ1) is 14.1. The van der Waals surface area contributed by atoms with E-state index >= 15 is 0 Å². The molecule has 0 aliphatic heterocycles. The van der Waals surface area contributed by atoms with Gasteiger partial charge in [0.15, 0.2) is 0 Å². The Labute approximate surface area is 107 Å². The van der Waals surface area contributed by atoms with Gasteiger partial charge in [-0.05, 0) is 31.9 Å². The van der Waals surface area contributed by atoms with Gasteiger partial charge in [0.1, 0.15) is 11.5 Å². The molecule has 2 N–H and O–H groups in total. The summed E-state index contributed by atoms with van der Waals surface area (Å²) in [5.41, 5.74) is 5.40. The molecule has 0 aromatic heterocycles. The lowest BCUT2D eigenvalue weighted by atomic mass is 10.1. The van der Waals surface area contributed by atoms with Gasteiger partial charge < -0.3 is 15.2 Å². The highest BCUT2D eigenvalue weighted by Crippen LogP contribution is 2.24. The van der Waals surface area contributed by atoms with Crippen LogP contribution in [0.2, 0.25) is 0 Å². The van der Waals surface area contributed by atoms with Crippen molar-refractivity contribution in [1.29, 1.82) is 0 Å². The number of ether oxygens (including phenoxy) is 2. The van der Waals surface area contributed by atoms with Gasteiger partial charge >= 0.3 is 0 Å². The van der Waals surface area contributed by atoms with Gasteiger partial charge in [0, 0.05) is 6.07 Å². The predicted molar refractivity (Wildman–Crippen MR) is 69.9 cm³/mol. The molecule has 0 unspecified atom stereocenters. The van der Waals surface area contributed by atoms with E-state index in [1.54, 1.807) is 39.2 Å². The molecule has 0 spiro atoms. The van der Waals surface area contributed by atoms with Crippen LogP contribution in [0.1, 0.15) is 24.2 Å². The van der Waals surface area contributed by atoms with E-state index < -0.39 is 5.54 Å². The van der Waals surface area contributed by atoms with Gasteiger partial charge in [0.2, 0.25) is 5.78 Å². The zero-order valence-corrected chi connectivity index (χ0v) is 11.0. The lowest BCUT2D eigenvalue weighted by Crippen LogP contribution is -2.29. The topological polar surface area (TPSA) is 61.5 Å². The fourth-order valence-corrected chi connectivity index (χ4v) is 1.27. The summed E-state index contributed by atoms with van der Waals surface area (Å²) in [6, 6.07) is 4.95. The summed E-state index contributed by atoms with van der Waals surface area (Å²) in [7, 11) is 3.04. The number of methoxy groups -OCH3 is 2. The summed E-state index contributed by atoms with van der Waals surface area (Å²) in [5, 5.41) is 0. The molecule has 0 aliphatic carbocycles. The number of carbonyl (C=O) groups is 1. The second-order valence-corrected chi connectivity index (χ2v) is 4.37. The van der Waals surface area contributed by atoms with Crippen LogP contribution in [0.25, 0.3) is 0 Å². The van der Waals surface area contributed by atoms with Crippen molar-refractivity contribution in [1.82, 2.24) is 0 Å². The molecule has 0 bridgehead atoms. The number of rotatable bonds is 3. The standard InChI is InChI=1S/C14H17NO3/c1-14(2,15)8-7-12(16)11-6-5-10(17-3)9-13(11)18-4/h5-6,9H,15H2,1-4H3. The van der Waals surface area contributed by atoms with Crippen molar-refractivity contribution in [3.63, 3.8) is 0 Å². The number of Topliss-reactive ketones (excluding diaryl/α,β-unsaturated/α-hetero) is 1. The lowest BCUT2D eigenvalue weighted by Gasteiger charge is -2.09. The van der Waals surface area contributed by atoms with Crippen molar-refractivity contribution in [2.24, 2.45) is 5.73 Å². The molecule has 1 rings (SSSR count). The summed E-state index contributed by atoms with van der Waals surface area (Å²) in [6.07, 6.45) is 0. The number of hydrogen-bond acceptors (Lipinski definition) is 4. The lowest BCUT2D eigenvalue weighted by molar-refractivity contribution is 0.105. The fourth-order valence-electron chi connectivity index (χ4n) is 1.27. The minimum Gasteiger partial charge on any atom is -0.497 e. The molecular formula is C14H17NO3. The SMILES string of the molecule is COc1ccc(C(=O)C#CC(C)(C)N)c(OC)c1. The van der Waals surface area contributed by atoms with Crippen LogP contribution in [-0.4, -0.2) is 25.5 Å². The van der Waals surface area contributed by atoms with Gasteiger partial charge in [-0.2, -0.15) is 0 Å². The maximum Gasteiger partial charge on any atom is 0.239 e. The first-order valence-electron chi connectivity index (χ1n) is 5.46. The van der Waals surface area contributed by atoms with Crippen LogP contribution in [0.3, 0.4) is 0 Å². The van der Waals surface area contributed by atoms with E-state index in [9.17, 15) is 4.79 Å². The molecule has 4 nitrogen and oxygen atoms in total. The molecule has 0 fully saturated rings.